The highest BCUT2D eigenvalue weighted by Crippen LogP contribution is 2.27. The number of hydrogen-bond donors (Lipinski definition) is 1. The third-order valence-corrected chi connectivity index (χ3v) is 4.09. The smallest absolute Gasteiger partial charge is 0.0543 e. The lowest BCUT2D eigenvalue weighted by Crippen LogP contribution is -2.30. The summed E-state index contributed by atoms with van der Waals surface area (Å²) in [6.07, 6.45) is 6.97. The molecular formula is C15H25N3. The average Bonchev–Trinajstić information content (AvgIpc) is 2.81. The maximum atomic E-state index is 6.13. The second-order valence-corrected chi connectivity index (χ2v) is 5.33. The summed E-state index contributed by atoms with van der Waals surface area (Å²) in [7, 11) is 0. The van der Waals surface area contributed by atoms with Crippen LogP contribution in [-0.4, -0.2) is 29.0 Å². The molecule has 1 aromatic rings. The average molecular weight is 247 g/mol. The Kier molecular flexibility index (Phi) is 5.14. The van der Waals surface area contributed by atoms with Crippen LogP contribution in [0.15, 0.2) is 24.4 Å². The van der Waals surface area contributed by atoms with Gasteiger partial charge in [0, 0.05) is 18.8 Å². The van der Waals surface area contributed by atoms with Gasteiger partial charge in [0.25, 0.3) is 0 Å². The highest BCUT2D eigenvalue weighted by molar-refractivity contribution is 5.03. The molecule has 0 radical (unpaired) electrons. The van der Waals surface area contributed by atoms with Crippen LogP contribution in [0.3, 0.4) is 0 Å². The van der Waals surface area contributed by atoms with Gasteiger partial charge in [0.1, 0.15) is 0 Å². The summed E-state index contributed by atoms with van der Waals surface area (Å²) in [6, 6.07) is 6.57. The molecule has 3 nitrogen and oxygen atoms in total. The lowest BCUT2D eigenvalue weighted by atomic mass is 10.00. The molecule has 0 aromatic carbocycles. The molecule has 2 atom stereocenters. The fourth-order valence-corrected chi connectivity index (χ4v) is 2.84. The first-order valence-electron chi connectivity index (χ1n) is 7.17. The molecule has 100 valence electrons. The van der Waals surface area contributed by atoms with Gasteiger partial charge >= 0.3 is 0 Å². The lowest BCUT2D eigenvalue weighted by molar-refractivity contribution is 0.248. The van der Waals surface area contributed by atoms with Crippen LogP contribution < -0.4 is 5.73 Å². The third-order valence-electron chi connectivity index (χ3n) is 4.09. The van der Waals surface area contributed by atoms with Crippen LogP contribution in [0.25, 0.3) is 0 Å². The van der Waals surface area contributed by atoms with Gasteiger partial charge in [0.15, 0.2) is 0 Å². The first kappa shape index (κ1) is 13.5. The second kappa shape index (κ2) is 6.86. The van der Waals surface area contributed by atoms with Crippen molar-refractivity contribution in [3.8, 4) is 0 Å². The lowest BCUT2D eigenvalue weighted by Gasteiger charge is -2.23. The quantitative estimate of drug-likeness (QED) is 0.839. The molecule has 0 spiro atoms. The third kappa shape index (κ3) is 3.79. The first-order valence-corrected chi connectivity index (χ1v) is 7.17. The SMILES string of the molecule is CCN(CCC1CCCC1N)Cc1ccccn1. The molecule has 2 unspecified atom stereocenters. The molecule has 0 saturated heterocycles. The zero-order valence-corrected chi connectivity index (χ0v) is 11.4. The van der Waals surface area contributed by atoms with Crippen molar-refractivity contribution in [3.63, 3.8) is 0 Å². The molecule has 1 aliphatic rings. The van der Waals surface area contributed by atoms with E-state index in [4.69, 9.17) is 5.73 Å². The van der Waals surface area contributed by atoms with Crippen molar-refractivity contribution in [1.29, 1.82) is 0 Å². The van der Waals surface area contributed by atoms with Gasteiger partial charge in [0.2, 0.25) is 0 Å². The predicted octanol–water partition coefficient (Wildman–Crippen LogP) is 2.42. The highest BCUT2D eigenvalue weighted by atomic mass is 15.1. The molecule has 2 rings (SSSR count). The Bertz CT molecular complexity index is 339. The van der Waals surface area contributed by atoms with Crippen molar-refractivity contribution in [2.45, 2.75) is 45.2 Å². The Hall–Kier alpha value is -0.930. The maximum Gasteiger partial charge on any atom is 0.0543 e. The van der Waals surface area contributed by atoms with Crippen LogP contribution in [0.4, 0.5) is 0 Å². The highest BCUT2D eigenvalue weighted by Gasteiger charge is 2.23. The molecular weight excluding hydrogens is 222 g/mol. The molecule has 18 heavy (non-hydrogen) atoms. The fourth-order valence-electron chi connectivity index (χ4n) is 2.84. The van der Waals surface area contributed by atoms with E-state index in [1.54, 1.807) is 0 Å². The Balaban J connectivity index is 1.79. The van der Waals surface area contributed by atoms with E-state index in [1.807, 2.05) is 12.3 Å². The number of nitrogens with zero attached hydrogens (tertiary/aromatic N) is 2. The van der Waals surface area contributed by atoms with E-state index in [0.29, 0.717) is 6.04 Å². The van der Waals surface area contributed by atoms with Crippen LogP contribution in [0, 0.1) is 5.92 Å². The van der Waals surface area contributed by atoms with Crippen LogP contribution in [0.1, 0.15) is 38.3 Å². The minimum atomic E-state index is 0.443. The topological polar surface area (TPSA) is 42.1 Å². The van der Waals surface area contributed by atoms with Gasteiger partial charge in [-0.1, -0.05) is 19.4 Å². The van der Waals surface area contributed by atoms with Gasteiger partial charge in [-0.2, -0.15) is 0 Å². The fraction of sp³-hybridized carbons (Fsp3) is 0.667. The molecule has 3 heteroatoms. The Morgan fingerprint density at radius 1 is 1.39 bits per heavy atom. The summed E-state index contributed by atoms with van der Waals surface area (Å²) >= 11 is 0. The minimum absolute atomic E-state index is 0.443. The summed E-state index contributed by atoms with van der Waals surface area (Å²) in [5.74, 6) is 0.739. The molecule has 0 bridgehead atoms. The summed E-state index contributed by atoms with van der Waals surface area (Å²) in [4.78, 5) is 6.86. The Morgan fingerprint density at radius 2 is 2.28 bits per heavy atom. The van der Waals surface area contributed by atoms with Gasteiger partial charge in [-0.3, -0.25) is 9.88 Å². The molecule has 1 aliphatic carbocycles. The number of pyridine rings is 1. The summed E-state index contributed by atoms with van der Waals surface area (Å²) in [5.41, 5.74) is 7.29. The number of nitrogens with two attached hydrogens (primary N) is 1. The largest absolute Gasteiger partial charge is 0.327 e. The van der Waals surface area contributed by atoms with Crippen molar-refractivity contribution >= 4 is 0 Å². The summed E-state index contributed by atoms with van der Waals surface area (Å²) < 4.78 is 0. The summed E-state index contributed by atoms with van der Waals surface area (Å²) in [6.45, 7) is 5.40. The zero-order valence-electron chi connectivity index (χ0n) is 11.4. The molecule has 0 amide bonds. The van der Waals surface area contributed by atoms with Gasteiger partial charge < -0.3 is 5.73 Å². The summed E-state index contributed by atoms with van der Waals surface area (Å²) in [5, 5.41) is 0. The molecule has 1 fully saturated rings. The van der Waals surface area contributed by atoms with Gasteiger partial charge in [-0.25, -0.2) is 0 Å². The number of rotatable bonds is 6. The van der Waals surface area contributed by atoms with Crippen molar-refractivity contribution < 1.29 is 0 Å². The van der Waals surface area contributed by atoms with Crippen molar-refractivity contribution in [3.05, 3.63) is 30.1 Å². The zero-order chi connectivity index (χ0) is 12.8. The number of hydrogen-bond acceptors (Lipinski definition) is 3. The van der Waals surface area contributed by atoms with Crippen LogP contribution >= 0.6 is 0 Å². The maximum absolute atomic E-state index is 6.13. The van der Waals surface area contributed by atoms with Crippen molar-refractivity contribution in [1.82, 2.24) is 9.88 Å². The minimum Gasteiger partial charge on any atom is -0.327 e. The molecule has 0 aliphatic heterocycles. The van der Waals surface area contributed by atoms with Crippen molar-refractivity contribution in [2.24, 2.45) is 11.7 Å². The van der Waals surface area contributed by atoms with Gasteiger partial charge in [-0.15, -0.1) is 0 Å². The monoisotopic (exact) mass is 247 g/mol. The predicted molar refractivity (Wildman–Crippen MR) is 75.1 cm³/mol. The van der Waals surface area contributed by atoms with E-state index >= 15 is 0 Å². The first-order chi connectivity index (χ1) is 8.79. The van der Waals surface area contributed by atoms with Gasteiger partial charge in [0.05, 0.1) is 5.69 Å². The molecule has 1 saturated carbocycles. The van der Waals surface area contributed by atoms with Crippen LogP contribution in [0.5, 0.6) is 0 Å². The second-order valence-electron chi connectivity index (χ2n) is 5.33. The standard InChI is InChI=1S/C15H25N3/c1-2-18(12-14-7-3-4-10-17-14)11-9-13-6-5-8-15(13)16/h3-4,7,10,13,15H,2,5-6,8-9,11-12,16H2,1H3. The van der Waals surface area contributed by atoms with E-state index in [0.717, 1.165) is 31.2 Å². The van der Waals surface area contributed by atoms with Gasteiger partial charge in [-0.05, 0) is 50.4 Å². The van der Waals surface area contributed by atoms with E-state index in [2.05, 4.69) is 28.9 Å². The Morgan fingerprint density at radius 3 is 2.89 bits per heavy atom. The molecule has 1 aromatic heterocycles. The van der Waals surface area contributed by atoms with Crippen molar-refractivity contribution in [2.75, 3.05) is 13.1 Å². The van der Waals surface area contributed by atoms with Crippen LogP contribution in [0.2, 0.25) is 0 Å². The van der Waals surface area contributed by atoms with Crippen LogP contribution in [-0.2, 0) is 6.54 Å². The number of aromatic nitrogens is 1. The van der Waals surface area contributed by atoms with E-state index in [9.17, 15) is 0 Å². The Labute approximate surface area is 110 Å². The normalized spacial score (nSPS) is 23.7. The van der Waals surface area contributed by atoms with E-state index in [1.165, 1.54) is 25.7 Å². The molecule has 1 heterocycles. The van der Waals surface area contributed by atoms with E-state index < -0.39 is 0 Å². The molecule has 2 N–H and O–H groups in total. The van der Waals surface area contributed by atoms with E-state index in [-0.39, 0.29) is 0 Å².